The molecule has 6 nitrogen and oxygen atoms in total. The van der Waals surface area contributed by atoms with Gasteiger partial charge in [-0.25, -0.2) is 0 Å². The van der Waals surface area contributed by atoms with E-state index in [1.54, 1.807) is 0 Å². The van der Waals surface area contributed by atoms with E-state index >= 15 is 0 Å². The predicted octanol–water partition coefficient (Wildman–Crippen LogP) is 14.4. The molecule has 0 aromatic carbocycles. The first-order valence-electron chi connectivity index (χ1n) is 23.1. The molecule has 0 radical (unpaired) electrons. The summed E-state index contributed by atoms with van der Waals surface area (Å²) in [6.07, 6.45) is 35.2. The Kier molecular flexibility index (Phi) is 37.5. The molecule has 0 spiro atoms. The third-order valence-corrected chi connectivity index (χ3v) is 10.8. The molecule has 6 heteroatoms. The summed E-state index contributed by atoms with van der Waals surface area (Å²) < 4.78 is 16.7. The number of unbranched alkanes of at least 4 members (excludes halogenated alkanes) is 22. The van der Waals surface area contributed by atoms with E-state index < -0.39 is 6.10 Å². The summed E-state index contributed by atoms with van der Waals surface area (Å²) in [5.74, 6) is 1.58. The van der Waals surface area contributed by atoms with Crippen molar-refractivity contribution in [3.63, 3.8) is 0 Å². The first-order valence-corrected chi connectivity index (χ1v) is 23.1. The van der Waals surface area contributed by atoms with E-state index in [2.05, 4.69) is 41.5 Å². The highest BCUT2D eigenvalue weighted by Crippen LogP contribution is 2.17. The Hall–Kier alpha value is -1.59. The summed E-state index contributed by atoms with van der Waals surface area (Å²) in [5.41, 5.74) is 0. The maximum atomic E-state index is 12.7. The second-order valence-corrected chi connectivity index (χ2v) is 17.2. The number of hydrogen-bond acceptors (Lipinski definition) is 6. The summed E-state index contributed by atoms with van der Waals surface area (Å²) in [5, 5.41) is 0. The number of esters is 3. The molecule has 0 aliphatic carbocycles. The lowest BCUT2D eigenvalue weighted by molar-refractivity contribution is -0.167. The highest BCUT2D eigenvalue weighted by atomic mass is 16.6. The SMILES string of the molecule is CCC(C)CCCCCCCCCCC(=O)OC[C@@H](COC(=O)CCCCCCCCCCCCC(C)C)OC(=O)CCCCCCCCCC(C)C. The number of hydrogen-bond donors (Lipinski definition) is 0. The zero-order valence-electron chi connectivity index (χ0n) is 36.3. The van der Waals surface area contributed by atoms with Crippen molar-refractivity contribution in [1.29, 1.82) is 0 Å². The van der Waals surface area contributed by atoms with Gasteiger partial charge in [0.2, 0.25) is 0 Å². The summed E-state index contributed by atoms with van der Waals surface area (Å²) in [4.78, 5) is 37.7. The van der Waals surface area contributed by atoms with Crippen molar-refractivity contribution < 1.29 is 28.6 Å². The maximum Gasteiger partial charge on any atom is 0.306 e. The van der Waals surface area contributed by atoms with Gasteiger partial charge in [-0.05, 0) is 37.0 Å². The Morgan fingerprint density at radius 3 is 0.981 bits per heavy atom. The molecule has 0 aliphatic rings. The van der Waals surface area contributed by atoms with Gasteiger partial charge < -0.3 is 14.2 Å². The zero-order valence-corrected chi connectivity index (χ0v) is 36.3. The topological polar surface area (TPSA) is 78.9 Å². The lowest BCUT2D eigenvalue weighted by Crippen LogP contribution is -2.30. The van der Waals surface area contributed by atoms with E-state index in [-0.39, 0.29) is 31.1 Å². The fourth-order valence-electron chi connectivity index (χ4n) is 6.85. The van der Waals surface area contributed by atoms with E-state index in [1.807, 2.05) is 0 Å². The molecule has 0 heterocycles. The molecule has 1 unspecified atom stereocenters. The maximum absolute atomic E-state index is 12.7. The van der Waals surface area contributed by atoms with Gasteiger partial charge in [0, 0.05) is 19.3 Å². The van der Waals surface area contributed by atoms with Gasteiger partial charge in [0.1, 0.15) is 13.2 Å². The van der Waals surface area contributed by atoms with Crippen LogP contribution in [0.3, 0.4) is 0 Å². The minimum Gasteiger partial charge on any atom is -0.462 e. The van der Waals surface area contributed by atoms with E-state index in [1.165, 1.54) is 128 Å². The molecule has 53 heavy (non-hydrogen) atoms. The average Bonchev–Trinajstić information content (AvgIpc) is 3.12. The van der Waals surface area contributed by atoms with E-state index in [0.717, 1.165) is 75.5 Å². The van der Waals surface area contributed by atoms with Crippen LogP contribution in [0.5, 0.6) is 0 Å². The van der Waals surface area contributed by atoms with E-state index in [4.69, 9.17) is 14.2 Å². The Morgan fingerprint density at radius 1 is 0.377 bits per heavy atom. The molecule has 2 atom stereocenters. The third-order valence-electron chi connectivity index (χ3n) is 10.8. The van der Waals surface area contributed by atoms with Gasteiger partial charge in [-0.3, -0.25) is 14.4 Å². The van der Waals surface area contributed by atoms with Crippen molar-refractivity contribution in [2.24, 2.45) is 17.8 Å². The standard InChI is InChI=1S/C47H90O6/c1-7-43(6)35-29-23-17-12-13-19-25-31-37-46(49)52-40-44(53-47(50)38-32-26-20-14-16-22-28-34-42(4)5)39-51-45(48)36-30-24-18-11-9-8-10-15-21-27-33-41(2)3/h41-44H,7-40H2,1-6H3/t43?,44-/m1/s1. The number of ether oxygens (including phenoxy) is 3. The van der Waals surface area contributed by atoms with Crippen LogP contribution in [0.15, 0.2) is 0 Å². The van der Waals surface area contributed by atoms with Crippen LogP contribution in [0.25, 0.3) is 0 Å². The van der Waals surface area contributed by atoms with Crippen molar-refractivity contribution >= 4 is 17.9 Å². The lowest BCUT2D eigenvalue weighted by Gasteiger charge is -2.18. The molecular formula is C47H90O6. The highest BCUT2D eigenvalue weighted by Gasteiger charge is 2.19. The first kappa shape index (κ1) is 51.4. The second kappa shape index (κ2) is 38.7. The van der Waals surface area contributed by atoms with Crippen LogP contribution < -0.4 is 0 Å². The van der Waals surface area contributed by atoms with Crippen molar-refractivity contribution in [2.45, 2.75) is 253 Å². The summed E-state index contributed by atoms with van der Waals surface area (Å²) in [6, 6.07) is 0. The molecule has 0 aliphatic heterocycles. The van der Waals surface area contributed by atoms with Crippen molar-refractivity contribution in [1.82, 2.24) is 0 Å². The molecular weight excluding hydrogens is 661 g/mol. The van der Waals surface area contributed by atoms with Crippen LogP contribution >= 0.6 is 0 Å². The van der Waals surface area contributed by atoms with Crippen LogP contribution in [0.2, 0.25) is 0 Å². The molecule has 0 fully saturated rings. The predicted molar refractivity (Wildman–Crippen MR) is 224 cm³/mol. The zero-order chi connectivity index (χ0) is 39.2. The normalized spacial score (nSPS) is 12.7. The van der Waals surface area contributed by atoms with Crippen LogP contribution in [-0.4, -0.2) is 37.2 Å². The van der Waals surface area contributed by atoms with Gasteiger partial charge in [-0.15, -0.1) is 0 Å². The monoisotopic (exact) mass is 751 g/mol. The van der Waals surface area contributed by atoms with Crippen LogP contribution in [0, 0.1) is 17.8 Å². The number of carbonyl (C=O) groups excluding carboxylic acids is 3. The fraction of sp³-hybridized carbons (Fsp3) is 0.936. The van der Waals surface area contributed by atoms with Crippen molar-refractivity contribution in [3.8, 4) is 0 Å². The van der Waals surface area contributed by atoms with Gasteiger partial charge in [0.15, 0.2) is 6.10 Å². The Labute approximate surface area is 329 Å². The van der Waals surface area contributed by atoms with E-state index in [9.17, 15) is 14.4 Å². The third kappa shape index (κ3) is 39.9. The minimum atomic E-state index is -0.762. The minimum absolute atomic E-state index is 0.0667. The summed E-state index contributed by atoms with van der Waals surface area (Å²) >= 11 is 0. The van der Waals surface area contributed by atoms with Crippen LogP contribution in [-0.2, 0) is 28.6 Å². The molecule has 0 N–H and O–H groups in total. The second-order valence-electron chi connectivity index (χ2n) is 17.2. The largest absolute Gasteiger partial charge is 0.462 e. The average molecular weight is 751 g/mol. The Morgan fingerprint density at radius 2 is 0.660 bits per heavy atom. The van der Waals surface area contributed by atoms with Crippen molar-refractivity contribution in [2.75, 3.05) is 13.2 Å². The van der Waals surface area contributed by atoms with Crippen LogP contribution in [0.1, 0.15) is 247 Å². The Balaban J connectivity index is 4.34. The van der Waals surface area contributed by atoms with E-state index in [0.29, 0.717) is 19.3 Å². The Bertz CT molecular complexity index is 824. The van der Waals surface area contributed by atoms with Gasteiger partial charge in [-0.2, -0.15) is 0 Å². The molecule has 0 saturated carbocycles. The summed E-state index contributed by atoms with van der Waals surface area (Å²) in [7, 11) is 0. The lowest BCUT2D eigenvalue weighted by atomic mass is 9.99. The molecule has 0 amide bonds. The molecule has 0 aromatic heterocycles. The van der Waals surface area contributed by atoms with Gasteiger partial charge in [0.25, 0.3) is 0 Å². The quantitative estimate of drug-likeness (QED) is 0.0352. The summed E-state index contributed by atoms with van der Waals surface area (Å²) in [6.45, 7) is 13.6. The highest BCUT2D eigenvalue weighted by molar-refractivity contribution is 5.71. The molecule has 0 bridgehead atoms. The van der Waals surface area contributed by atoms with Gasteiger partial charge in [-0.1, -0.05) is 208 Å². The number of rotatable bonds is 40. The fourth-order valence-corrected chi connectivity index (χ4v) is 6.85. The van der Waals surface area contributed by atoms with Gasteiger partial charge in [0.05, 0.1) is 0 Å². The number of carbonyl (C=O) groups is 3. The molecule has 0 saturated heterocycles. The first-order chi connectivity index (χ1) is 25.6. The van der Waals surface area contributed by atoms with Crippen LogP contribution in [0.4, 0.5) is 0 Å². The molecule has 314 valence electrons. The molecule has 0 aromatic rings. The molecule has 0 rings (SSSR count). The smallest absolute Gasteiger partial charge is 0.306 e. The van der Waals surface area contributed by atoms with Gasteiger partial charge >= 0.3 is 17.9 Å². The van der Waals surface area contributed by atoms with Crippen molar-refractivity contribution in [3.05, 3.63) is 0 Å².